The van der Waals surface area contributed by atoms with E-state index in [0.717, 1.165) is 38.5 Å². The Hall–Kier alpha value is 0.870. The largest absolute Gasteiger partial charge is 1.00 e. The van der Waals surface area contributed by atoms with Crippen molar-refractivity contribution in [3.63, 3.8) is 0 Å². The number of aliphatic hydroxyl groups excluding tert-OH is 1. The van der Waals surface area contributed by atoms with Gasteiger partial charge in [-0.3, -0.25) is 0 Å². The second kappa shape index (κ2) is 15.8. The van der Waals surface area contributed by atoms with Crippen molar-refractivity contribution >= 4 is 10.1 Å². The summed E-state index contributed by atoms with van der Waals surface area (Å²) in [7, 11) is -4.11. The Kier molecular flexibility index (Phi) is 18.1. The molecule has 0 aliphatic heterocycles. The maximum absolute atomic E-state index is 11.0. The van der Waals surface area contributed by atoms with Crippen molar-refractivity contribution in [2.75, 3.05) is 6.61 Å². The number of aliphatic hydroxyl groups is 1. The minimum absolute atomic E-state index is 0. The second-order valence-corrected chi connectivity index (χ2v) is 7.25. The molecule has 1 N–H and O–H groups in total. The number of unbranched alkanes of at least 4 members (excludes halogenated alkanes) is 8. The molecule has 0 radical (unpaired) electrons. The molecule has 0 saturated carbocycles. The van der Waals surface area contributed by atoms with E-state index in [9.17, 15) is 13.0 Å². The van der Waals surface area contributed by atoms with Crippen LogP contribution >= 0.6 is 0 Å². The van der Waals surface area contributed by atoms with Gasteiger partial charge in [0.25, 0.3) is 0 Å². The molecule has 6 heteroatoms. The summed E-state index contributed by atoms with van der Waals surface area (Å²) in [6.45, 7) is 2.20. The van der Waals surface area contributed by atoms with Gasteiger partial charge in [0, 0.05) is 11.9 Å². The zero-order chi connectivity index (χ0) is 15.3. The molecule has 0 aromatic rings. The van der Waals surface area contributed by atoms with Gasteiger partial charge in [-0.25, -0.2) is 8.42 Å². The fraction of sp³-hybridized carbons (Fsp3) is 1.00. The molecular formula is C15H31NaO4S. The number of hydrogen-bond acceptors (Lipinski definition) is 4. The van der Waals surface area contributed by atoms with E-state index in [1.165, 1.54) is 25.7 Å². The summed E-state index contributed by atoms with van der Waals surface area (Å²) in [6.07, 6.45) is 11.6. The van der Waals surface area contributed by atoms with Crippen LogP contribution in [0.1, 0.15) is 84.0 Å². The van der Waals surface area contributed by atoms with Crippen LogP contribution in [0.5, 0.6) is 0 Å². The van der Waals surface area contributed by atoms with E-state index in [0.29, 0.717) is 19.4 Å². The SMILES string of the molecule is CCCC(CCCCCCCCCCCO)S(=O)(=O)[O-].[Na+]. The molecule has 21 heavy (non-hydrogen) atoms. The zero-order valence-electron chi connectivity index (χ0n) is 13.8. The minimum atomic E-state index is -4.11. The van der Waals surface area contributed by atoms with Crippen LogP contribution in [0.3, 0.4) is 0 Å². The molecule has 0 spiro atoms. The topological polar surface area (TPSA) is 77.4 Å². The molecular weight excluding hydrogens is 299 g/mol. The fourth-order valence-corrected chi connectivity index (χ4v) is 3.46. The number of rotatable bonds is 14. The molecule has 4 nitrogen and oxygen atoms in total. The van der Waals surface area contributed by atoms with Crippen LogP contribution < -0.4 is 29.6 Å². The molecule has 0 aromatic carbocycles. The summed E-state index contributed by atoms with van der Waals surface area (Å²) in [5, 5.41) is 7.97. The van der Waals surface area contributed by atoms with Gasteiger partial charge >= 0.3 is 29.6 Å². The Labute approximate surface area is 153 Å². The Morgan fingerprint density at radius 1 is 0.857 bits per heavy atom. The zero-order valence-corrected chi connectivity index (χ0v) is 16.7. The first-order chi connectivity index (χ1) is 9.52. The van der Waals surface area contributed by atoms with E-state index in [-0.39, 0.29) is 29.6 Å². The smallest absolute Gasteiger partial charge is 0.748 e. The monoisotopic (exact) mass is 330 g/mol. The van der Waals surface area contributed by atoms with Crippen molar-refractivity contribution in [2.45, 2.75) is 89.2 Å². The molecule has 0 aliphatic carbocycles. The predicted octanol–water partition coefficient (Wildman–Crippen LogP) is 0.598. The van der Waals surface area contributed by atoms with Crippen LogP contribution in [0.4, 0.5) is 0 Å². The minimum Gasteiger partial charge on any atom is -0.748 e. The van der Waals surface area contributed by atoms with E-state index in [1.807, 2.05) is 6.92 Å². The molecule has 122 valence electrons. The molecule has 0 fully saturated rings. The molecule has 0 amide bonds. The molecule has 0 aliphatic rings. The summed E-state index contributed by atoms with van der Waals surface area (Å²) < 4.78 is 33.1. The average molecular weight is 330 g/mol. The Balaban J connectivity index is 0. The van der Waals surface area contributed by atoms with Gasteiger partial charge in [-0.2, -0.15) is 0 Å². The van der Waals surface area contributed by atoms with Gasteiger partial charge in [0.15, 0.2) is 0 Å². The van der Waals surface area contributed by atoms with Crippen molar-refractivity contribution in [3.8, 4) is 0 Å². The van der Waals surface area contributed by atoms with Crippen molar-refractivity contribution in [1.82, 2.24) is 0 Å². The van der Waals surface area contributed by atoms with Crippen LogP contribution in [0.25, 0.3) is 0 Å². The van der Waals surface area contributed by atoms with Crippen molar-refractivity contribution in [1.29, 1.82) is 0 Å². The van der Waals surface area contributed by atoms with Gasteiger partial charge in [0.2, 0.25) is 0 Å². The van der Waals surface area contributed by atoms with Gasteiger partial charge in [-0.15, -0.1) is 0 Å². The summed E-state index contributed by atoms with van der Waals surface area (Å²) in [4.78, 5) is 0. The first-order valence-corrected chi connectivity index (χ1v) is 9.55. The van der Waals surface area contributed by atoms with Crippen molar-refractivity contribution in [2.24, 2.45) is 0 Å². The average Bonchev–Trinajstić information content (AvgIpc) is 2.38. The van der Waals surface area contributed by atoms with E-state index in [1.54, 1.807) is 0 Å². The summed E-state index contributed by atoms with van der Waals surface area (Å²) in [5.74, 6) is 0. The Morgan fingerprint density at radius 2 is 1.29 bits per heavy atom. The fourth-order valence-electron chi connectivity index (χ4n) is 2.48. The van der Waals surface area contributed by atoms with E-state index < -0.39 is 15.4 Å². The maximum atomic E-state index is 11.0. The normalized spacial score (nSPS) is 12.9. The summed E-state index contributed by atoms with van der Waals surface area (Å²) in [5.41, 5.74) is 0. The molecule has 1 unspecified atom stereocenters. The molecule has 0 rings (SSSR count). The molecule has 1 atom stereocenters. The van der Waals surface area contributed by atoms with Gasteiger partial charge in [-0.1, -0.05) is 64.7 Å². The molecule has 0 bridgehead atoms. The van der Waals surface area contributed by atoms with Crippen molar-refractivity contribution in [3.05, 3.63) is 0 Å². The van der Waals surface area contributed by atoms with Crippen LogP contribution in [-0.2, 0) is 10.1 Å². The summed E-state index contributed by atoms with van der Waals surface area (Å²) in [6, 6.07) is 0. The van der Waals surface area contributed by atoms with E-state index >= 15 is 0 Å². The standard InChI is InChI=1S/C15H32O4S.Na/c1-2-12-15(20(17,18)19)13-10-8-6-4-3-5-7-9-11-14-16;/h15-16H,2-14H2,1H3,(H,17,18,19);/q;+1/p-1. The van der Waals surface area contributed by atoms with Crippen LogP contribution in [0.2, 0.25) is 0 Å². The van der Waals surface area contributed by atoms with Crippen LogP contribution in [0.15, 0.2) is 0 Å². The molecule has 0 heterocycles. The third-order valence-electron chi connectivity index (χ3n) is 3.70. The van der Waals surface area contributed by atoms with Gasteiger partial charge in [0.05, 0.1) is 10.1 Å². The maximum Gasteiger partial charge on any atom is 1.00 e. The van der Waals surface area contributed by atoms with Crippen LogP contribution in [0, 0.1) is 0 Å². The second-order valence-electron chi connectivity index (χ2n) is 5.60. The Bertz CT molecular complexity index is 307. The third kappa shape index (κ3) is 15.5. The molecule has 0 aromatic heterocycles. The number of hydrogen-bond donors (Lipinski definition) is 1. The summed E-state index contributed by atoms with van der Waals surface area (Å²) >= 11 is 0. The Morgan fingerprint density at radius 3 is 1.67 bits per heavy atom. The van der Waals surface area contributed by atoms with Gasteiger partial charge in [0.1, 0.15) is 0 Å². The van der Waals surface area contributed by atoms with Crippen molar-refractivity contribution < 1.29 is 47.6 Å². The molecule has 0 saturated heterocycles. The third-order valence-corrected chi connectivity index (χ3v) is 4.99. The quantitative estimate of drug-likeness (QED) is 0.287. The van der Waals surface area contributed by atoms with E-state index in [4.69, 9.17) is 5.11 Å². The first-order valence-electron chi connectivity index (χ1n) is 8.08. The van der Waals surface area contributed by atoms with Gasteiger partial charge in [-0.05, 0) is 19.3 Å². The van der Waals surface area contributed by atoms with E-state index in [2.05, 4.69) is 0 Å². The van der Waals surface area contributed by atoms with Gasteiger partial charge < -0.3 is 9.66 Å². The first kappa shape index (κ1) is 24.1. The van der Waals surface area contributed by atoms with Crippen LogP contribution in [-0.4, -0.2) is 29.9 Å². The predicted molar refractivity (Wildman–Crippen MR) is 81.6 cm³/mol.